The van der Waals surface area contributed by atoms with Gasteiger partial charge in [-0.3, -0.25) is 0 Å². The summed E-state index contributed by atoms with van der Waals surface area (Å²) in [4.78, 5) is 2.46. The molecule has 0 unspecified atom stereocenters. The molecule has 3 heteroatoms. The zero-order valence-corrected chi connectivity index (χ0v) is 11.4. The minimum atomic E-state index is 0.264. The molecule has 1 saturated heterocycles. The Hall–Kier alpha value is -0.120. The lowest BCUT2D eigenvalue weighted by molar-refractivity contribution is -0.0129. The van der Waals surface area contributed by atoms with E-state index in [1.165, 1.54) is 6.42 Å². The molecule has 1 heterocycles. The third-order valence-electron chi connectivity index (χ3n) is 4.46. The molecule has 16 heavy (non-hydrogen) atoms. The van der Waals surface area contributed by atoms with Crippen LogP contribution in [0.3, 0.4) is 0 Å². The van der Waals surface area contributed by atoms with Crippen molar-refractivity contribution in [2.45, 2.75) is 45.6 Å². The second-order valence-electron chi connectivity index (χ2n) is 5.84. The van der Waals surface area contributed by atoms with E-state index in [-0.39, 0.29) is 11.0 Å². The van der Waals surface area contributed by atoms with Gasteiger partial charge in [0.1, 0.15) is 0 Å². The van der Waals surface area contributed by atoms with Crippen LogP contribution in [0.15, 0.2) is 0 Å². The van der Waals surface area contributed by atoms with E-state index in [0.717, 1.165) is 39.1 Å². The summed E-state index contributed by atoms with van der Waals surface area (Å²) in [6.45, 7) is 10.5. The lowest BCUT2D eigenvalue weighted by Crippen LogP contribution is -2.51. The average Bonchev–Trinajstić information content (AvgIpc) is 2.30. The van der Waals surface area contributed by atoms with E-state index in [0.29, 0.717) is 0 Å². The van der Waals surface area contributed by atoms with Crippen LogP contribution in [0.25, 0.3) is 0 Å². The van der Waals surface area contributed by atoms with Crippen LogP contribution in [0.4, 0.5) is 0 Å². The molecule has 1 rings (SSSR count). The third-order valence-corrected chi connectivity index (χ3v) is 4.46. The zero-order chi connectivity index (χ0) is 12.2. The molecule has 3 nitrogen and oxygen atoms in total. The maximum atomic E-state index is 5.99. The Balaban J connectivity index is 2.62. The van der Waals surface area contributed by atoms with Gasteiger partial charge in [-0.15, -0.1) is 0 Å². The van der Waals surface area contributed by atoms with Crippen molar-refractivity contribution in [3.63, 3.8) is 0 Å². The minimum absolute atomic E-state index is 0.264. The summed E-state index contributed by atoms with van der Waals surface area (Å²) in [5.41, 5.74) is 6.53. The van der Waals surface area contributed by atoms with E-state index in [2.05, 4.69) is 32.7 Å². The molecule has 0 aromatic carbocycles. The fourth-order valence-electron chi connectivity index (χ4n) is 2.22. The topological polar surface area (TPSA) is 38.5 Å². The first kappa shape index (κ1) is 13.9. The quantitative estimate of drug-likeness (QED) is 0.780. The van der Waals surface area contributed by atoms with Crippen molar-refractivity contribution in [1.82, 2.24) is 4.90 Å². The molecular formula is C13H28N2O. The van der Waals surface area contributed by atoms with Crippen LogP contribution in [-0.2, 0) is 4.74 Å². The lowest BCUT2D eigenvalue weighted by atomic mass is 9.79. The number of ether oxygens (including phenoxy) is 1. The van der Waals surface area contributed by atoms with Crippen LogP contribution in [0.1, 0.15) is 40.0 Å². The Labute approximate surface area is 100 Å². The van der Waals surface area contributed by atoms with Gasteiger partial charge in [0.15, 0.2) is 0 Å². The second kappa shape index (κ2) is 5.48. The highest BCUT2D eigenvalue weighted by atomic mass is 16.5. The number of nitrogens with zero attached hydrogens (tertiary/aromatic N) is 1. The van der Waals surface area contributed by atoms with Crippen LogP contribution in [0.2, 0.25) is 0 Å². The van der Waals surface area contributed by atoms with Gasteiger partial charge >= 0.3 is 0 Å². The van der Waals surface area contributed by atoms with E-state index in [9.17, 15) is 0 Å². The van der Waals surface area contributed by atoms with E-state index in [1.807, 2.05) is 0 Å². The molecule has 96 valence electrons. The van der Waals surface area contributed by atoms with Crippen molar-refractivity contribution in [2.24, 2.45) is 11.1 Å². The number of nitrogens with two attached hydrogens (primary N) is 1. The van der Waals surface area contributed by atoms with Gasteiger partial charge in [0.05, 0.1) is 0 Å². The van der Waals surface area contributed by atoms with Crippen LogP contribution in [0, 0.1) is 5.41 Å². The first-order chi connectivity index (χ1) is 7.46. The summed E-state index contributed by atoms with van der Waals surface area (Å²) in [6.07, 6.45) is 3.38. The highest BCUT2D eigenvalue weighted by Crippen LogP contribution is 2.32. The standard InChI is InChI=1S/C13H28N2O/c1-5-12(2,3)15(4)11-13(10-14)6-8-16-9-7-13/h5-11,14H2,1-4H3. The summed E-state index contributed by atoms with van der Waals surface area (Å²) < 4.78 is 5.45. The second-order valence-corrected chi connectivity index (χ2v) is 5.84. The van der Waals surface area contributed by atoms with E-state index >= 15 is 0 Å². The van der Waals surface area contributed by atoms with Gasteiger partial charge in [-0.25, -0.2) is 0 Å². The maximum absolute atomic E-state index is 5.99. The van der Waals surface area contributed by atoms with Crippen LogP contribution < -0.4 is 5.73 Å². The van der Waals surface area contributed by atoms with Crippen molar-refractivity contribution in [3.05, 3.63) is 0 Å². The Morgan fingerprint density at radius 2 is 1.88 bits per heavy atom. The normalized spacial score (nSPS) is 21.4. The SMILES string of the molecule is CCC(C)(C)N(C)CC1(CN)CCOCC1. The number of hydrogen-bond donors (Lipinski definition) is 1. The monoisotopic (exact) mass is 228 g/mol. The molecule has 1 aliphatic heterocycles. The zero-order valence-electron chi connectivity index (χ0n) is 11.4. The maximum Gasteiger partial charge on any atom is 0.0472 e. The van der Waals surface area contributed by atoms with Crippen molar-refractivity contribution in [2.75, 3.05) is 33.4 Å². The smallest absolute Gasteiger partial charge is 0.0472 e. The largest absolute Gasteiger partial charge is 0.381 e. The Morgan fingerprint density at radius 3 is 2.31 bits per heavy atom. The van der Waals surface area contributed by atoms with Crippen molar-refractivity contribution in [1.29, 1.82) is 0 Å². The highest BCUT2D eigenvalue weighted by molar-refractivity contribution is 4.89. The third kappa shape index (κ3) is 3.19. The van der Waals surface area contributed by atoms with Crippen LogP contribution in [-0.4, -0.2) is 43.8 Å². The Bertz CT molecular complexity index is 210. The fraction of sp³-hybridized carbons (Fsp3) is 1.00. The van der Waals surface area contributed by atoms with E-state index in [4.69, 9.17) is 10.5 Å². The van der Waals surface area contributed by atoms with Crippen LogP contribution in [0.5, 0.6) is 0 Å². The van der Waals surface area contributed by atoms with Gasteiger partial charge < -0.3 is 15.4 Å². The van der Waals surface area contributed by atoms with Gasteiger partial charge in [-0.1, -0.05) is 6.92 Å². The molecule has 1 aliphatic rings. The lowest BCUT2D eigenvalue weighted by Gasteiger charge is -2.44. The summed E-state index contributed by atoms with van der Waals surface area (Å²) >= 11 is 0. The van der Waals surface area contributed by atoms with Gasteiger partial charge in [0.25, 0.3) is 0 Å². The predicted molar refractivity (Wildman–Crippen MR) is 68.5 cm³/mol. The highest BCUT2D eigenvalue weighted by Gasteiger charge is 2.35. The Morgan fingerprint density at radius 1 is 1.31 bits per heavy atom. The fourth-order valence-corrected chi connectivity index (χ4v) is 2.22. The molecule has 0 aromatic rings. The van der Waals surface area contributed by atoms with Crippen LogP contribution >= 0.6 is 0 Å². The number of hydrogen-bond acceptors (Lipinski definition) is 3. The van der Waals surface area contributed by atoms with Crippen molar-refractivity contribution in [3.8, 4) is 0 Å². The Kier molecular flexibility index (Phi) is 4.77. The van der Waals surface area contributed by atoms with Gasteiger partial charge in [0.2, 0.25) is 0 Å². The van der Waals surface area contributed by atoms with E-state index < -0.39 is 0 Å². The minimum Gasteiger partial charge on any atom is -0.381 e. The molecule has 0 amide bonds. The summed E-state index contributed by atoms with van der Waals surface area (Å²) in [5.74, 6) is 0. The van der Waals surface area contributed by atoms with Gasteiger partial charge in [-0.2, -0.15) is 0 Å². The molecule has 0 aromatic heterocycles. The average molecular weight is 228 g/mol. The molecule has 0 bridgehead atoms. The molecule has 0 atom stereocenters. The number of rotatable bonds is 5. The first-order valence-electron chi connectivity index (χ1n) is 6.45. The molecule has 0 aliphatic carbocycles. The van der Waals surface area contributed by atoms with Crippen molar-refractivity contribution < 1.29 is 4.74 Å². The predicted octanol–water partition coefficient (Wildman–Crippen LogP) is 1.86. The van der Waals surface area contributed by atoms with Crippen molar-refractivity contribution >= 4 is 0 Å². The van der Waals surface area contributed by atoms with Gasteiger partial charge in [-0.05, 0) is 52.1 Å². The summed E-state index contributed by atoms with van der Waals surface area (Å²) in [7, 11) is 2.22. The summed E-state index contributed by atoms with van der Waals surface area (Å²) in [6, 6.07) is 0. The first-order valence-corrected chi connectivity index (χ1v) is 6.45. The molecule has 2 N–H and O–H groups in total. The van der Waals surface area contributed by atoms with E-state index in [1.54, 1.807) is 0 Å². The molecule has 0 spiro atoms. The molecule has 1 fully saturated rings. The molecule has 0 radical (unpaired) electrons. The molecule has 0 saturated carbocycles. The van der Waals surface area contributed by atoms with Gasteiger partial charge in [0, 0.05) is 25.3 Å². The summed E-state index contributed by atoms with van der Waals surface area (Å²) in [5, 5.41) is 0. The molecular weight excluding hydrogens is 200 g/mol.